The molecule has 0 spiro atoms. The fraction of sp³-hybridized carbons (Fsp3) is 0.571. The van der Waals surface area contributed by atoms with Crippen LogP contribution < -0.4 is 0 Å². The lowest BCUT2D eigenvalue weighted by molar-refractivity contribution is -0.114. The molecule has 0 aromatic heterocycles. The van der Waals surface area contributed by atoms with Crippen LogP contribution in [0.25, 0.3) is 0 Å². The second-order valence-corrected chi connectivity index (χ2v) is 2.69. The van der Waals surface area contributed by atoms with E-state index in [2.05, 4.69) is 6.92 Å². The van der Waals surface area contributed by atoms with Gasteiger partial charge in [0.25, 0.3) is 0 Å². The summed E-state index contributed by atoms with van der Waals surface area (Å²) in [6, 6.07) is 0. The summed E-state index contributed by atoms with van der Waals surface area (Å²) in [5.41, 5.74) is 0. The van der Waals surface area contributed by atoms with Crippen LogP contribution in [0, 0.1) is 0 Å². The molecule has 0 bridgehead atoms. The highest BCUT2D eigenvalue weighted by Gasteiger charge is 1.87. The van der Waals surface area contributed by atoms with E-state index in [1.54, 1.807) is 18.7 Å². The fourth-order valence-corrected chi connectivity index (χ4v) is 0.989. The first-order valence-electron chi connectivity index (χ1n) is 3.03. The summed E-state index contributed by atoms with van der Waals surface area (Å²) in [5.74, 6) is 0.844. The molecule has 0 N–H and O–H groups in total. The van der Waals surface area contributed by atoms with Gasteiger partial charge in [0.05, 0.1) is 5.75 Å². The molecule has 0 rings (SSSR count). The van der Waals surface area contributed by atoms with Crippen molar-refractivity contribution < 1.29 is 4.79 Å². The number of carbonyl (C=O) groups excluding carboxylic acids is 1. The molecule has 2 heteroatoms. The Bertz CT molecular complexity index is 107. The van der Waals surface area contributed by atoms with Crippen LogP contribution in [0.15, 0.2) is 11.5 Å². The van der Waals surface area contributed by atoms with Gasteiger partial charge in [-0.15, -0.1) is 11.8 Å². The van der Waals surface area contributed by atoms with Crippen molar-refractivity contribution in [3.63, 3.8) is 0 Å². The lowest BCUT2D eigenvalue weighted by Gasteiger charge is -1.86. The zero-order chi connectivity index (χ0) is 7.11. The number of hydrogen-bond acceptors (Lipinski definition) is 2. The molecule has 0 atom stereocenters. The van der Waals surface area contributed by atoms with Gasteiger partial charge < -0.3 is 0 Å². The Morgan fingerprint density at radius 1 is 1.67 bits per heavy atom. The van der Waals surface area contributed by atoms with E-state index in [0.717, 1.165) is 6.42 Å². The molecule has 0 saturated heterocycles. The van der Waals surface area contributed by atoms with E-state index in [4.69, 9.17) is 0 Å². The zero-order valence-corrected chi connectivity index (χ0v) is 6.70. The normalized spacial score (nSPS) is 10.4. The van der Waals surface area contributed by atoms with Gasteiger partial charge in [0, 0.05) is 0 Å². The molecular weight excluding hydrogens is 132 g/mol. The van der Waals surface area contributed by atoms with E-state index in [1.165, 1.54) is 0 Å². The molecule has 0 heterocycles. The molecule has 0 unspecified atom stereocenters. The van der Waals surface area contributed by atoms with Gasteiger partial charge in [-0.2, -0.15) is 0 Å². The molecule has 52 valence electrons. The van der Waals surface area contributed by atoms with Crippen LogP contribution in [0.5, 0.6) is 0 Å². The van der Waals surface area contributed by atoms with Crippen molar-refractivity contribution in [1.29, 1.82) is 0 Å². The van der Waals surface area contributed by atoms with E-state index < -0.39 is 0 Å². The minimum Gasteiger partial charge on any atom is -0.299 e. The molecule has 9 heavy (non-hydrogen) atoms. The molecule has 1 nitrogen and oxygen atoms in total. The van der Waals surface area contributed by atoms with Gasteiger partial charge in [-0.05, 0) is 18.8 Å². The topological polar surface area (TPSA) is 17.1 Å². The maximum absolute atomic E-state index is 10.4. The number of ketones is 1. The Hall–Kier alpha value is -0.240. The van der Waals surface area contributed by atoms with Crippen molar-refractivity contribution in [1.82, 2.24) is 0 Å². The van der Waals surface area contributed by atoms with Crippen LogP contribution in [-0.2, 0) is 4.79 Å². The largest absolute Gasteiger partial charge is 0.299 e. The Morgan fingerprint density at radius 2 is 2.33 bits per heavy atom. The van der Waals surface area contributed by atoms with E-state index in [9.17, 15) is 4.79 Å². The van der Waals surface area contributed by atoms with E-state index >= 15 is 0 Å². The molecule has 0 aliphatic carbocycles. The summed E-state index contributed by atoms with van der Waals surface area (Å²) < 4.78 is 0. The van der Waals surface area contributed by atoms with Crippen molar-refractivity contribution in [2.75, 3.05) is 5.75 Å². The first-order valence-corrected chi connectivity index (χ1v) is 4.08. The number of carbonyl (C=O) groups is 1. The Morgan fingerprint density at radius 3 is 2.78 bits per heavy atom. The van der Waals surface area contributed by atoms with Crippen LogP contribution in [0.4, 0.5) is 0 Å². The van der Waals surface area contributed by atoms with E-state index in [0.29, 0.717) is 5.75 Å². The van der Waals surface area contributed by atoms with Gasteiger partial charge in [-0.25, -0.2) is 0 Å². The van der Waals surface area contributed by atoms with Gasteiger partial charge >= 0.3 is 0 Å². The third-order valence-corrected chi connectivity index (χ3v) is 1.67. The first kappa shape index (κ1) is 8.76. The Balaban J connectivity index is 3.09. The van der Waals surface area contributed by atoms with Gasteiger partial charge in [-0.1, -0.05) is 13.0 Å². The summed E-state index contributed by atoms with van der Waals surface area (Å²) in [5, 5.41) is 1.97. The van der Waals surface area contributed by atoms with Crippen molar-refractivity contribution in [3.8, 4) is 0 Å². The monoisotopic (exact) mass is 144 g/mol. The Labute approximate surface area is 60.5 Å². The Kier molecular flexibility index (Phi) is 5.73. The number of allylic oxidation sites excluding steroid dienone is 1. The van der Waals surface area contributed by atoms with Gasteiger partial charge in [0.2, 0.25) is 0 Å². The zero-order valence-electron chi connectivity index (χ0n) is 5.89. The number of rotatable bonds is 4. The second kappa shape index (κ2) is 5.89. The lowest BCUT2D eigenvalue weighted by Crippen LogP contribution is -1.90. The average molecular weight is 144 g/mol. The summed E-state index contributed by atoms with van der Waals surface area (Å²) >= 11 is 1.56. The molecule has 0 aliphatic rings. The molecule has 0 aromatic rings. The van der Waals surface area contributed by atoms with E-state index in [-0.39, 0.29) is 5.78 Å². The van der Waals surface area contributed by atoms with Crippen LogP contribution in [0.3, 0.4) is 0 Å². The molecule has 0 aromatic carbocycles. The lowest BCUT2D eigenvalue weighted by atomic mass is 10.5. The maximum atomic E-state index is 10.4. The highest BCUT2D eigenvalue weighted by atomic mass is 32.2. The molecule has 0 aliphatic heterocycles. The van der Waals surface area contributed by atoms with Crippen LogP contribution in [0.2, 0.25) is 0 Å². The standard InChI is InChI=1S/C7H12OS/c1-3-4-5-9-6-7(2)8/h4-5H,3,6H2,1-2H3/b5-4-. The van der Waals surface area contributed by atoms with Gasteiger partial charge in [0.15, 0.2) is 0 Å². The minimum absolute atomic E-state index is 0.237. The SMILES string of the molecule is CC/C=C\SCC(C)=O. The van der Waals surface area contributed by atoms with Crippen molar-refractivity contribution in [2.45, 2.75) is 20.3 Å². The third kappa shape index (κ3) is 7.76. The highest BCUT2D eigenvalue weighted by molar-refractivity contribution is 8.02. The van der Waals surface area contributed by atoms with Crippen LogP contribution in [0.1, 0.15) is 20.3 Å². The average Bonchev–Trinajstić information content (AvgIpc) is 1.80. The van der Waals surface area contributed by atoms with Crippen molar-refractivity contribution >= 4 is 17.5 Å². The highest BCUT2D eigenvalue weighted by Crippen LogP contribution is 2.01. The summed E-state index contributed by atoms with van der Waals surface area (Å²) in [4.78, 5) is 10.4. The smallest absolute Gasteiger partial charge is 0.140 e. The van der Waals surface area contributed by atoms with Gasteiger partial charge in [-0.3, -0.25) is 4.79 Å². The molecule has 0 saturated carbocycles. The predicted octanol–water partition coefficient (Wildman–Crippen LogP) is 2.23. The summed E-state index contributed by atoms with van der Waals surface area (Å²) in [6.07, 6.45) is 3.10. The third-order valence-electron chi connectivity index (χ3n) is 0.715. The summed E-state index contributed by atoms with van der Waals surface area (Å²) in [7, 11) is 0. The number of Topliss-reactive ketones (excluding diaryl/α,β-unsaturated/α-hetero) is 1. The molecule has 0 fully saturated rings. The van der Waals surface area contributed by atoms with Crippen LogP contribution in [-0.4, -0.2) is 11.5 Å². The minimum atomic E-state index is 0.237. The maximum Gasteiger partial charge on any atom is 0.140 e. The van der Waals surface area contributed by atoms with Crippen molar-refractivity contribution in [3.05, 3.63) is 11.5 Å². The van der Waals surface area contributed by atoms with Gasteiger partial charge in [0.1, 0.15) is 5.78 Å². The molecular formula is C7H12OS. The summed E-state index contributed by atoms with van der Waals surface area (Å²) in [6.45, 7) is 3.68. The number of thioether (sulfide) groups is 1. The molecule has 0 amide bonds. The van der Waals surface area contributed by atoms with E-state index in [1.807, 2.05) is 11.5 Å². The fourth-order valence-electron chi connectivity index (χ4n) is 0.330. The molecule has 0 radical (unpaired) electrons. The predicted molar refractivity (Wildman–Crippen MR) is 42.6 cm³/mol. The number of hydrogen-bond donors (Lipinski definition) is 0. The quantitative estimate of drug-likeness (QED) is 0.602. The second-order valence-electron chi connectivity index (χ2n) is 1.79. The van der Waals surface area contributed by atoms with Crippen LogP contribution >= 0.6 is 11.8 Å². The van der Waals surface area contributed by atoms with Crippen molar-refractivity contribution in [2.24, 2.45) is 0 Å². The first-order chi connectivity index (χ1) is 4.27.